The molecule has 0 unspecified atom stereocenters. The normalized spacial score (nSPS) is 10.2. The number of fused-ring (bicyclic) bond motifs is 1. The van der Waals surface area contributed by atoms with Crippen molar-refractivity contribution in [2.75, 3.05) is 0 Å². The van der Waals surface area contributed by atoms with E-state index in [4.69, 9.17) is 11.9 Å². The molecule has 0 spiro atoms. The predicted octanol–water partition coefficient (Wildman–Crippen LogP) is 2.48. The number of carbonyl (C=O) groups is 1. The van der Waals surface area contributed by atoms with Crippen LogP contribution in [0, 0.1) is 0 Å². The molecule has 0 bridgehead atoms. The highest BCUT2D eigenvalue weighted by atomic mass is 35.5. The fourth-order valence-electron chi connectivity index (χ4n) is 1.30. The van der Waals surface area contributed by atoms with Crippen LogP contribution in [0.2, 0.25) is 0 Å². The SMILES string of the molecule is O=C(OCl)c1cccc2cc[nH]c12. The second kappa shape index (κ2) is 3.11. The van der Waals surface area contributed by atoms with Crippen molar-refractivity contribution in [2.24, 2.45) is 0 Å². The number of benzene rings is 1. The van der Waals surface area contributed by atoms with Crippen molar-refractivity contribution in [1.82, 2.24) is 4.98 Å². The largest absolute Gasteiger partial charge is 0.360 e. The highest BCUT2D eigenvalue weighted by molar-refractivity contribution is 6.17. The molecule has 1 heterocycles. The molecule has 0 saturated heterocycles. The average Bonchev–Trinajstić information content (AvgIpc) is 2.63. The summed E-state index contributed by atoms with van der Waals surface area (Å²) in [6.07, 6.45) is 1.76. The monoisotopic (exact) mass is 195 g/mol. The summed E-state index contributed by atoms with van der Waals surface area (Å²) in [7, 11) is 0. The van der Waals surface area contributed by atoms with E-state index in [2.05, 4.69) is 9.27 Å². The number of para-hydroxylation sites is 1. The van der Waals surface area contributed by atoms with Crippen LogP contribution in [0.4, 0.5) is 0 Å². The topological polar surface area (TPSA) is 42.1 Å². The molecule has 1 aromatic heterocycles. The maximum Gasteiger partial charge on any atom is 0.358 e. The van der Waals surface area contributed by atoms with E-state index in [1.807, 2.05) is 12.1 Å². The molecule has 3 nitrogen and oxygen atoms in total. The van der Waals surface area contributed by atoms with Crippen molar-refractivity contribution in [2.45, 2.75) is 0 Å². The average molecular weight is 196 g/mol. The predicted molar refractivity (Wildman–Crippen MR) is 49.6 cm³/mol. The van der Waals surface area contributed by atoms with Crippen molar-refractivity contribution in [1.29, 1.82) is 0 Å². The van der Waals surface area contributed by atoms with E-state index in [0.29, 0.717) is 5.56 Å². The highest BCUT2D eigenvalue weighted by Crippen LogP contribution is 2.17. The zero-order chi connectivity index (χ0) is 9.26. The van der Waals surface area contributed by atoms with Gasteiger partial charge in [0.2, 0.25) is 0 Å². The van der Waals surface area contributed by atoms with Crippen LogP contribution in [0.5, 0.6) is 0 Å². The number of rotatable bonds is 1. The molecule has 2 rings (SSSR count). The molecule has 0 radical (unpaired) electrons. The molecule has 0 fully saturated rings. The van der Waals surface area contributed by atoms with Gasteiger partial charge in [0.1, 0.15) is 11.9 Å². The molecule has 0 atom stereocenters. The summed E-state index contributed by atoms with van der Waals surface area (Å²) in [6, 6.07) is 7.21. The fourth-order valence-corrected chi connectivity index (χ4v) is 1.38. The second-order valence-electron chi connectivity index (χ2n) is 2.61. The summed E-state index contributed by atoms with van der Waals surface area (Å²) < 4.78 is 4.13. The Morgan fingerprint density at radius 2 is 2.23 bits per heavy atom. The van der Waals surface area contributed by atoms with Gasteiger partial charge < -0.3 is 9.27 Å². The van der Waals surface area contributed by atoms with E-state index in [1.165, 1.54) is 0 Å². The van der Waals surface area contributed by atoms with Crippen LogP contribution >= 0.6 is 11.9 Å². The van der Waals surface area contributed by atoms with Gasteiger partial charge in [-0.3, -0.25) is 0 Å². The molecule has 0 amide bonds. The molecule has 1 aromatic carbocycles. The van der Waals surface area contributed by atoms with Crippen LogP contribution in [0.1, 0.15) is 10.4 Å². The van der Waals surface area contributed by atoms with Crippen molar-refractivity contribution in [3.05, 3.63) is 36.0 Å². The summed E-state index contributed by atoms with van der Waals surface area (Å²) in [6.45, 7) is 0. The van der Waals surface area contributed by atoms with Crippen LogP contribution in [0.3, 0.4) is 0 Å². The molecule has 13 heavy (non-hydrogen) atoms. The van der Waals surface area contributed by atoms with Gasteiger partial charge in [0.25, 0.3) is 0 Å². The van der Waals surface area contributed by atoms with Crippen LogP contribution in [0.15, 0.2) is 30.5 Å². The fraction of sp³-hybridized carbons (Fsp3) is 0. The summed E-state index contributed by atoms with van der Waals surface area (Å²) in [4.78, 5) is 14.1. The number of H-pyrrole nitrogens is 1. The minimum Gasteiger partial charge on any atom is -0.360 e. The van der Waals surface area contributed by atoms with Gasteiger partial charge in [0.15, 0.2) is 0 Å². The first-order chi connectivity index (χ1) is 6.33. The van der Waals surface area contributed by atoms with Crippen LogP contribution in [0.25, 0.3) is 10.9 Å². The summed E-state index contributed by atoms with van der Waals surface area (Å²) in [5, 5.41) is 0.958. The summed E-state index contributed by atoms with van der Waals surface area (Å²) >= 11 is 4.99. The lowest BCUT2D eigenvalue weighted by Gasteiger charge is -1.97. The van der Waals surface area contributed by atoms with E-state index in [-0.39, 0.29) is 0 Å². The lowest BCUT2D eigenvalue weighted by Crippen LogP contribution is -1.98. The standard InChI is InChI=1S/C9H6ClNO2/c10-13-9(12)7-3-1-2-6-4-5-11-8(6)7/h1-5,11H. The number of hydrogen-bond donors (Lipinski definition) is 1. The van der Waals surface area contributed by atoms with E-state index in [0.717, 1.165) is 10.9 Å². The zero-order valence-corrected chi connectivity index (χ0v) is 7.34. The minimum atomic E-state index is -0.547. The van der Waals surface area contributed by atoms with Crippen molar-refractivity contribution >= 4 is 28.7 Å². The lowest BCUT2D eigenvalue weighted by molar-refractivity contribution is 0.0753. The van der Waals surface area contributed by atoms with Crippen molar-refractivity contribution < 1.29 is 9.08 Å². The van der Waals surface area contributed by atoms with Gasteiger partial charge in [-0.05, 0) is 12.1 Å². The van der Waals surface area contributed by atoms with Crippen LogP contribution < -0.4 is 0 Å². The first kappa shape index (κ1) is 8.13. The Balaban J connectivity index is 2.67. The van der Waals surface area contributed by atoms with Gasteiger partial charge in [0.05, 0.1) is 11.1 Å². The maximum absolute atomic E-state index is 11.2. The molecule has 0 aliphatic rings. The molecule has 4 heteroatoms. The van der Waals surface area contributed by atoms with Crippen molar-refractivity contribution in [3.63, 3.8) is 0 Å². The number of hydrogen-bond acceptors (Lipinski definition) is 2. The van der Waals surface area contributed by atoms with E-state index >= 15 is 0 Å². The second-order valence-corrected chi connectivity index (χ2v) is 2.77. The van der Waals surface area contributed by atoms with Gasteiger partial charge >= 0.3 is 5.97 Å². The minimum absolute atomic E-state index is 0.442. The smallest absolute Gasteiger partial charge is 0.358 e. The van der Waals surface area contributed by atoms with E-state index in [9.17, 15) is 4.79 Å². The third-order valence-electron chi connectivity index (χ3n) is 1.88. The number of halogens is 1. The first-order valence-corrected chi connectivity index (χ1v) is 4.03. The molecular formula is C9H6ClNO2. The Morgan fingerprint density at radius 3 is 3.00 bits per heavy atom. The third kappa shape index (κ3) is 1.27. The maximum atomic E-state index is 11.2. The number of aromatic nitrogens is 1. The molecular weight excluding hydrogens is 190 g/mol. The van der Waals surface area contributed by atoms with Crippen LogP contribution in [-0.2, 0) is 4.29 Å². The lowest BCUT2D eigenvalue weighted by atomic mass is 10.1. The quantitative estimate of drug-likeness (QED) is 0.760. The van der Waals surface area contributed by atoms with Gasteiger partial charge in [-0.15, -0.1) is 0 Å². The first-order valence-electron chi connectivity index (χ1n) is 3.72. The van der Waals surface area contributed by atoms with Crippen molar-refractivity contribution in [3.8, 4) is 0 Å². The number of nitrogens with one attached hydrogen (secondary N) is 1. The number of aromatic amines is 1. The molecule has 66 valence electrons. The third-order valence-corrected chi connectivity index (χ3v) is 2.02. The zero-order valence-electron chi connectivity index (χ0n) is 6.58. The summed E-state index contributed by atoms with van der Waals surface area (Å²) in [5.41, 5.74) is 1.19. The van der Waals surface area contributed by atoms with Gasteiger partial charge in [0, 0.05) is 11.6 Å². The Hall–Kier alpha value is -1.48. The van der Waals surface area contributed by atoms with Gasteiger partial charge in [-0.25, -0.2) is 4.79 Å². The van der Waals surface area contributed by atoms with Gasteiger partial charge in [-0.2, -0.15) is 0 Å². The van der Waals surface area contributed by atoms with E-state index in [1.54, 1.807) is 18.3 Å². The molecule has 1 N–H and O–H groups in total. The van der Waals surface area contributed by atoms with Gasteiger partial charge in [-0.1, -0.05) is 12.1 Å². The molecule has 0 aliphatic heterocycles. The van der Waals surface area contributed by atoms with E-state index < -0.39 is 5.97 Å². The molecule has 0 saturated carbocycles. The molecule has 2 aromatic rings. The number of carbonyl (C=O) groups excluding carboxylic acids is 1. The Bertz CT molecular complexity index is 450. The molecule has 0 aliphatic carbocycles. The Labute approximate surface area is 79.4 Å². The van der Waals surface area contributed by atoms with Crippen LogP contribution in [-0.4, -0.2) is 11.0 Å². The summed E-state index contributed by atoms with van der Waals surface area (Å²) in [5.74, 6) is -0.547. The Morgan fingerprint density at radius 1 is 1.38 bits per heavy atom. The Kier molecular flexibility index (Phi) is 1.94. The highest BCUT2D eigenvalue weighted by Gasteiger charge is 2.10.